The van der Waals surface area contributed by atoms with E-state index in [0.717, 1.165) is 36.4 Å². The van der Waals surface area contributed by atoms with Gasteiger partial charge in [-0.15, -0.1) is 0 Å². The number of anilines is 1. The van der Waals surface area contributed by atoms with Crippen LogP contribution < -0.4 is 9.64 Å². The van der Waals surface area contributed by atoms with Crippen molar-refractivity contribution < 1.29 is 9.53 Å². The topological polar surface area (TPSA) is 29.5 Å². The maximum atomic E-state index is 12.0. The van der Waals surface area contributed by atoms with E-state index in [4.69, 9.17) is 4.74 Å². The third-order valence-corrected chi connectivity index (χ3v) is 5.30. The molecule has 0 saturated carbocycles. The average molecular weight is 384 g/mol. The Labute approximate surface area is 171 Å². The van der Waals surface area contributed by atoms with Crippen molar-refractivity contribution >= 4 is 17.5 Å². The van der Waals surface area contributed by atoms with E-state index in [1.165, 1.54) is 31.4 Å². The summed E-state index contributed by atoms with van der Waals surface area (Å²) in [5.41, 5.74) is 3.41. The zero-order chi connectivity index (χ0) is 20.6. The first-order valence-electron chi connectivity index (χ1n) is 10.7. The number of carbonyl (C=O) groups is 1. The highest BCUT2D eigenvalue weighted by atomic mass is 16.5. The molecule has 0 aromatic heterocycles. The van der Waals surface area contributed by atoms with Crippen LogP contribution in [0.5, 0.6) is 5.75 Å². The van der Waals surface area contributed by atoms with Gasteiger partial charge in [-0.1, -0.05) is 52.7 Å². The van der Waals surface area contributed by atoms with Crippen LogP contribution in [0.3, 0.4) is 0 Å². The summed E-state index contributed by atoms with van der Waals surface area (Å²) in [5.74, 6) is 1.11. The van der Waals surface area contributed by atoms with E-state index in [1.807, 2.05) is 0 Å². The fraction of sp³-hybridized carbons (Fsp3) is 0.560. The molecule has 0 bridgehead atoms. The van der Waals surface area contributed by atoms with E-state index in [1.54, 1.807) is 13.2 Å². The number of benzene rings is 1. The second-order valence-corrected chi connectivity index (χ2v) is 8.66. The summed E-state index contributed by atoms with van der Waals surface area (Å²) in [6, 6.07) is 6.47. The van der Waals surface area contributed by atoms with Gasteiger partial charge in [-0.25, -0.2) is 0 Å². The molecule has 0 unspecified atom stereocenters. The second-order valence-electron chi connectivity index (χ2n) is 8.66. The van der Waals surface area contributed by atoms with Crippen LogP contribution in [0.1, 0.15) is 71.8 Å². The van der Waals surface area contributed by atoms with Crippen LogP contribution >= 0.6 is 0 Å². The predicted molar refractivity (Wildman–Crippen MR) is 120 cm³/mol. The van der Waals surface area contributed by atoms with Gasteiger partial charge in [-0.3, -0.25) is 4.79 Å². The zero-order valence-corrected chi connectivity index (χ0v) is 18.4. The van der Waals surface area contributed by atoms with Gasteiger partial charge >= 0.3 is 0 Å². The van der Waals surface area contributed by atoms with Crippen LogP contribution in [0.2, 0.25) is 0 Å². The maximum absolute atomic E-state index is 12.0. The molecular formula is C25H37NO2. The van der Waals surface area contributed by atoms with Crippen LogP contribution in [0, 0.1) is 5.41 Å². The lowest BCUT2D eigenvalue weighted by atomic mass is 9.77. The molecule has 1 aliphatic rings. The number of methoxy groups -OCH3 is 1. The molecular weight excluding hydrogens is 346 g/mol. The fourth-order valence-corrected chi connectivity index (χ4v) is 3.80. The molecule has 0 N–H and O–H groups in total. The first-order chi connectivity index (χ1) is 13.4. The number of hydrogen-bond acceptors (Lipinski definition) is 3. The van der Waals surface area contributed by atoms with Gasteiger partial charge in [0.2, 0.25) is 0 Å². The molecule has 1 aliphatic carbocycles. The van der Waals surface area contributed by atoms with Crippen LogP contribution in [-0.2, 0) is 4.79 Å². The van der Waals surface area contributed by atoms with Crippen LogP contribution in [0.25, 0.3) is 6.08 Å². The normalized spacial score (nSPS) is 16.3. The van der Waals surface area contributed by atoms with Crippen molar-refractivity contribution in [3.05, 3.63) is 41.5 Å². The van der Waals surface area contributed by atoms with E-state index in [9.17, 15) is 4.79 Å². The highest BCUT2D eigenvalue weighted by Crippen LogP contribution is 2.35. The van der Waals surface area contributed by atoms with Gasteiger partial charge in [0, 0.05) is 36.8 Å². The summed E-state index contributed by atoms with van der Waals surface area (Å²) in [4.78, 5) is 14.4. The first kappa shape index (κ1) is 22.3. The number of hydrogen-bond donors (Lipinski definition) is 0. The van der Waals surface area contributed by atoms with Crippen molar-refractivity contribution in [3.63, 3.8) is 0 Å². The molecule has 2 rings (SSSR count). The number of ketones is 1. The van der Waals surface area contributed by atoms with Crippen LogP contribution in [0.15, 0.2) is 35.9 Å². The SMILES string of the molecule is CCCCN(CCCC)c1ccc(C=CC2=CC(=O)CC(C)(C)C2)c(OC)c1. The van der Waals surface area contributed by atoms with Crippen molar-refractivity contribution in [2.24, 2.45) is 5.41 Å². The first-order valence-corrected chi connectivity index (χ1v) is 10.7. The Balaban J connectivity index is 2.21. The number of allylic oxidation sites excluding steroid dienone is 3. The molecule has 0 atom stereocenters. The molecule has 0 saturated heterocycles. The van der Waals surface area contributed by atoms with E-state index in [2.05, 4.69) is 62.9 Å². The van der Waals surface area contributed by atoms with E-state index in [0.29, 0.717) is 6.42 Å². The highest BCUT2D eigenvalue weighted by molar-refractivity contribution is 5.92. The molecule has 0 heterocycles. The molecule has 1 aromatic rings. The van der Waals surface area contributed by atoms with Gasteiger partial charge in [0.1, 0.15) is 5.75 Å². The Hall–Kier alpha value is -2.03. The molecule has 28 heavy (non-hydrogen) atoms. The maximum Gasteiger partial charge on any atom is 0.156 e. The standard InChI is InChI=1S/C25H37NO2/c1-6-8-14-26(15-9-7-2)22-13-12-21(24(17-22)28-5)11-10-20-16-23(27)19-25(3,4)18-20/h10-13,16-17H,6-9,14-15,18-19H2,1-5H3. The summed E-state index contributed by atoms with van der Waals surface area (Å²) in [6.07, 6.45) is 12.3. The second kappa shape index (κ2) is 10.5. The zero-order valence-electron chi connectivity index (χ0n) is 18.4. The summed E-state index contributed by atoms with van der Waals surface area (Å²) in [6.45, 7) is 10.9. The van der Waals surface area contributed by atoms with Crippen LogP contribution in [-0.4, -0.2) is 26.0 Å². The Kier molecular flexibility index (Phi) is 8.35. The van der Waals surface area contributed by atoms with Gasteiger partial charge in [0.15, 0.2) is 5.78 Å². The van der Waals surface area contributed by atoms with Gasteiger partial charge in [0.05, 0.1) is 7.11 Å². The van der Waals surface area contributed by atoms with Gasteiger partial charge < -0.3 is 9.64 Å². The van der Waals surface area contributed by atoms with E-state index in [-0.39, 0.29) is 11.2 Å². The molecule has 3 heteroatoms. The minimum atomic E-state index is 0.0402. The Bertz CT molecular complexity index is 707. The van der Waals surface area contributed by atoms with E-state index < -0.39 is 0 Å². The largest absolute Gasteiger partial charge is 0.496 e. The fourth-order valence-electron chi connectivity index (χ4n) is 3.80. The summed E-state index contributed by atoms with van der Waals surface area (Å²) in [7, 11) is 1.73. The molecule has 0 spiro atoms. The summed E-state index contributed by atoms with van der Waals surface area (Å²) >= 11 is 0. The smallest absolute Gasteiger partial charge is 0.156 e. The lowest BCUT2D eigenvalue weighted by molar-refractivity contribution is -0.116. The number of carbonyl (C=O) groups excluding carboxylic acids is 1. The number of unbranched alkanes of at least 4 members (excludes halogenated alkanes) is 2. The quantitative estimate of drug-likeness (QED) is 0.466. The van der Waals surface area contributed by atoms with Gasteiger partial charge in [-0.2, -0.15) is 0 Å². The lowest BCUT2D eigenvalue weighted by Crippen LogP contribution is -2.25. The van der Waals surface area contributed by atoms with Gasteiger partial charge in [0.25, 0.3) is 0 Å². The molecule has 154 valence electrons. The van der Waals surface area contributed by atoms with Crippen LogP contribution in [0.4, 0.5) is 5.69 Å². The molecule has 1 aromatic carbocycles. The van der Waals surface area contributed by atoms with E-state index >= 15 is 0 Å². The molecule has 3 nitrogen and oxygen atoms in total. The highest BCUT2D eigenvalue weighted by Gasteiger charge is 2.26. The number of nitrogens with zero attached hydrogens (tertiary/aromatic N) is 1. The Morgan fingerprint density at radius 1 is 1.07 bits per heavy atom. The van der Waals surface area contributed by atoms with Crippen molar-refractivity contribution in [2.45, 2.75) is 66.2 Å². The van der Waals surface area contributed by atoms with Crippen molar-refractivity contribution in [2.75, 3.05) is 25.1 Å². The third-order valence-electron chi connectivity index (χ3n) is 5.30. The lowest BCUT2D eigenvalue weighted by Gasteiger charge is -2.27. The average Bonchev–Trinajstić information content (AvgIpc) is 2.65. The van der Waals surface area contributed by atoms with Crippen molar-refractivity contribution in [3.8, 4) is 5.75 Å². The number of rotatable bonds is 10. The summed E-state index contributed by atoms with van der Waals surface area (Å²) in [5, 5.41) is 0. The van der Waals surface area contributed by atoms with Gasteiger partial charge in [-0.05, 0) is 48.5 Å². The summed E-state index contributed by atoms with van der Waals surface area (Å²) < 4.78 is 5.68. The minimum absolute atomic E-state index is 0.0402. The molecule has 0 radical (unpaired) electrons. The Morgan fingerprint density at radius 2 is 1.75 bits per heavy atom. The van der Waals surface area contributed by atoms with Crippen molar-refractivity contribution in [1.82, 2.24) is 0 Å². The molecule has 0 aliphatic heterocycles. The third kappa shape index (κ3) is 6.54. The monoisotopic (exact) mass is 383 g/mol. The predicted octanol–water partition coefficient (Wildman–Crippen LogP) is 6.43. The molecule has 0 amide bonds. The molecule has 0 fully saturated rings. The number of ether oxygens (including phenoxy) is 1. The minimum Gasteiger partial charge on any atom is -0.496 e. The Morgan fingerprint density at radius 3 is 2.32 bits per heavy atom. The van der Waals surface area contributed by atoms with Crippen molar-refractivity contribution in [1.29, 1.82) is 0 Å².